The third-order valence-electron chi connectivity index (χ3n) is 9.36. The summed E-state index contributed by atoms with van der Waals surface area (Å²) in [6, 6.07) is 31.9. The lowest BCUT2D eigenvalue weighted by molar-refractivity contribution is 0.723. The second-order valence-electron chi connectivity index (χ2n) is 11.8. The van der Waals surface area contributed by atoms with Crippen LogP contribution in [-0.4, -0.2) is 9.13 Å². The van der Waals surface area contributed by atoms with Crippen molar-refractivity contribution in [2.45, 2.75) is 38.5 Å². The van der Waals surface area contributed by atoms with Crippen LogP contribution in [0, 0.1) is 0 Å². The quantitative estimate of drug-likeness (QED) is 0.204. The molecule has 3 aromatic heterocycles. The summed E-state index contributed by atoms with van der Waals surface area (Å²) in [5.41, 5.74) is 10.7. The van der Waals surface area contributed by atoms with Crippen LogP contribution in [0.3, 0.4) is 0 Å². The van der Waals surface area contributed by atoms with E-state index in [9.17, 15) is 0 Å². The highest BCUT2D eigenvalue weighted by atomic mass is 32.1. The third-order valence-corrected chi connectivity index (χ3v) is 10.5. The van der Waals surface area contributed by atoms with Crippen LogP contribution in [0.4, 0.5) is 0 Å². The molecule has 2 atom stereocenters. The fourth-order valence-corrected chi connectivity index (χ4v) is 8.59. The Morgan fingerprint density at radius 3 is 2.22 bits per heavy atom. The van der Waals surface area contributed by atoms with Gasteiger partial charge in [-0.1, -0.05) is 68.5 Å². The molecule has 0 saturated heterocycles. The Kier molecular flexibility index (Phi) is 4.89. The first-order valence-corrected chi connectivity index (χ1v) is 15.6. The normalized spacial score (nSPS) is 18.1. The molecule has 0 bridgehead atoms. The summed E-state index contributed by atoms with van der Waals surface area (Å²) in [6.07, 6.45) is 11.5. The zero-order valence-corrected chi connectivity index (χ0v) is 24.1. The van der Waals surface area contributed by atoms with Gasteiger partial charge >= 0.3 is 0 Å². The van der Waals surface area contributed by atoms with Gasteiger partial charge < -0.3 is 9.13 Å². The summed E-state index contributed by atoms with van der Waals surface area (Å²) < 4.78 is 7.73. The number of nitrogens with zero attached hydrogens (tertiary/aromatic N) is 2. The maximum atomic E-state index is 2.54. The van der Waals surface area contributed by atoms with Gasteiger partial charge in [-0.2, -0.15) is 0 Å². The van der Waals surface area contributed by atoms with Gasteiger partial charge in [0.2, 0.25) is 0 Å². The van der Waals surface area contributed by atoms with Gasteiger partial charge in [-0.3, -0.25) is 0 Å². The van der Waals surface area contributed by atoms with Crippen LogP contribution in [0.1, 0.15) is 61.0 Å². The Bertz CT molecular complexity index is 2250. The largest absolute Gasteiger partial charge is 0.313 e. The number of benzene rings is 4. The van der Waals surface area contributed by atoms with E-state index < -0.39 is 0 Å². The maximum absolute atomic E-state index is 2.54. The van der Waals surface area contributed by atoms with Gasteiger partial charge in [0.1, 0.15) is 0 Å². The third kappa shape index (κ3) is 3.24. The highest BCUT2D eigenvalue weighted by molar-refractivity contribution is 7.25. The van der Waals surface area contributed by atoms with Gasteiger partial charge in [0.05, 0.1) is 11.0 Å². The lowest BCUT2D eigenvalue weighted by atomic mass is 9.90. The number of para-hydroxylation sites is 1. The molecule has 9 rings (SSSR count). The number of hydrogen-bond acceptors (Lipinski definition) is 1. The fourth-order valence-electron chi connectivity index (χ4n) is 7.50. The van der Waals surface area contributed by atoms with Gasteiger partial charge in [0.15, 0.2) is 0 Å². The standard InChI is InChI=1S/C38H30N2S/c1-23-9-8-15-34-37(23)31-22-26(40-32-14-5-3-11-27(32)29-13-7-10-24(2)38(29)40)17-19-33(31)39(34)25-18-20-36-30(21-25)28-12-4-6-16-35(28)41-36/h3-8,11-24H,9-10H2,1-2H3. The predicted molar refractivity (Wildman–Crippen MR) is 177 cm³/mol. The minimum absolute atomic E-state index is 0.469. The molecule has 7 aromatic rings. The Morgan fingerprint density at radius 1 is 0.610 bits per heavy atom. The molecule has 0 saturated carbocycles. The molecule has 41 heavy (non-hydrogen) atoms. The van der Waals surface area contributed by atoms with E-state index in [1.807, 2.05) is 11.3 Å². The number of aromatic nitrogens is 2. The molecule has 2 unspecified atom stereocenters. The maximum Gasteiger partial charge on any atom is 0.0539 e. The summed E-state index contributed by atoms with van der Waals surface area (Å²) in [7, 11) is 0. The zero-order valence-electron chi connectivity index (χ0n) is 23.3. The molecule has 0 radical (unpaired) electrons. The molecule has 0 spiro atoms. The first-order valence-electron chi connectivity index (χ1n) is 14.7. The molecular formula is C38H30N2S. The lowest BCUT2D eigenvalue weighted by Crippen LogP contribution is -2.07. The molecule has 198 valence electrons. The molecular weight excluding hydrogens is 516 g/mol. The van der Waals surface area contributed by atoms with Crippen molar-refractivity contribution >= 4 is 65.5 Å². The topological polar surface area (TPSA) is 9.86 Å². The van der Waals surface area contributed by atoms with Crippen molar-refractivity contribution in [3.8, 4) is 11.4 Å². The molecule has 3 heterocycles. The monoisotopic (exact) mass is 546 g/mol. The molecule has 0 fully saturated rings. The van der Waals surface area contributed by atoms with Crippen molar-refractivity contribution in [3.63, 3.8) is 0 Å². The summed E-state index contributed by atoms with van der Waals surface area (Å²) in [5.74, 6) is 0.947. The summed E-state index contributed by atoms with van der Waals surface area (Å²) >= 11 is 1.88. The fraction of sp³-hybridized carbons (Fsp3) is 0.158. The zero-order chi connectivity index (χ0) is 27.2. The van der Waals surface area contributed by atoms with Gasteiger partial charge in [0, 0.05) is 65.2 Å². The summed E-state index contributed by atoms with van der Waals surface area (Å²) in [6.45, 7) is 4.75. The number of thiophene rings is 1. The summed E-state index contributed by atoms with van der Waals surface area (Å²) in [4.78, 5) is 0. The molecule has 0 aliphatic heterocycles. The first-order chi connectivity index (χ1) is 20.2. The second kappa shape index (κ2) is 8.58. The van der Waals surface area contributed by atoms with Crippen molar-refractivity contribution in [3.05, 3.63) is 120 Å². The number of allylic oxidation sites excluding steroid dienone is 2. The van der Waals surface area contributed by atoms with E-state index in [1.165, 1.54) is 75.9 Å². The SMILES string of the molecule is CC1CC=Cc2c1c1cc(-n3c4c(c5ccccc53)C=CCC4C)ccc1n2-c1ccc2sc3ccccc3c2c1. The highest BCUT2D eigenvalue weighted by Crippen LogP contribution is 2.44. The second-order valence-corrected chi connectivity index (χ2v) is 12.9. The summed E-state index contributed by atoms with van der Waals surface area (Å²) in [5, 5.41) is 5.40. The van der Waals surface area contributed by atoms with Crippen LogP contribution in [0.5, 0.6) is 0 Å². The number of rotatable bonds is 2. The van der Waals surface area contributed by atoms with E-state index in [4.69, 9.17) is 0 Å². The van der Waals surface area contributed by atoms with Crippen molar-refractivity contribution in [1.82, 2.24) is 9.13 Å². The minimum Gasteiger partial charge on any atom is -0.313 e. The van der Waals surface area contributed by atoms with E-state index in [0.29, 0.717) is 11.8 Å². The molecule has 4 aromatic carbocycles. The first kappa shape index (κ1) is 23.4. The molecule has 2 aliphatic rings. The molecule has 2 aliphatic carbocycles. The van der Waals surface area contributed by atoms with E-state index in [2.05, 4.69) is 132 Å². The van der Waals surface area contributed by atoms with Crippen LogP contribution < -0.4 is 0 Å². The number of hydrogen-bond donors (Lipinski definition) is 0. The predicted octanol–water partition coefficient (Wildman–Crippen LogP) is 11.0. The lowest BCUT2D eigenvalue weighted by Gasteiger charge is -2.20. The smallest absolute Gasteiger partial charge is 0.0539 e. The van der Waals surface area contributed by atoms with E-state index in [0.717, 1.165) is 12.8 Å². The Hall–Kier alpha value is -4.34. The average Bonchev–Trinajstić information content (AvgIpc) is 3.65. The van der Waals surface area contributed by atoms with Crippen LogP contribution in [0.2, 0.25) is 0 Å². The number of fused-ring (bicyclic) bond motifs is 9. The molecule has 0 amide bonds. The van der Waals surface area contributed by atoms with Crippen LogP contribution in [-0.2, 0) is 0 Å². The van der Waals surface area contributed by atoms with Crippen molar-refractivity contribution < 1.29 is 0 Å². The van der Waals surface area contributed by atoms with Gasteiger partial charge in [-0.15, -0.1) is 11.3 Å². The molecule has 3 heteroatoms. The van der Waals surface area contributed by atoms with E-state index in [-0.39, 0.29) is 0 Å². The van der Waals surface area contributed by atoms with Crippen LogP contribution in [0.25, 0.3) is 65.5 Å². The van der Waals surface area contributed by atoms with Crippen LogP contribution in [0.15, 0.2) is 97.1 Å². The Balaban J connectivity index is 1.32. The van der Waals surface area contributed by atoms with Crippen molar-refractivity contribution in [2.75, 3.05) is 0 Å². The Morgan fingerprint density at radius 2 is 1.29 bits per heavy atom. The van der Waals surface area contributed by atoms with Crippen molar-refractivity contribution in [1.29, 1.82) is 0 Å². The van der Waals surface area contributed by atoms with Gasteiger partial charge in [0.25, 0.3) is 0 Å². The highest BCUT2D eigenvalue weighted by Gasteiger charge is 2.26. The van der Waals surface area contributed by atoms with Gasteiger partial charge in [-0.25, -0.2) is 0 Å². The average molecular weight is 547 g/mol. The van der Waals surface area contributed by atoms with E-state index in [1.54, 1.807) is 0 Å². The van der Waals surface area contributed by atoms with Crippen LogP contribution >= 0.6 is 11.3 Å². The Labute approximate surface area is 243 Å². The van der Waals surface area contributed by atoms with Gasteiger partial charge in [-0.05, 0) is 78.9 Å². The van der Waals surface area contributed by atoms with E-state index >= 15 is 0 Å². The van der Waals surface area contributed by atoms with Crippen molar-refractivity contribution in [2.24, 2.45) is 0 Å². The molecule has 2 nitrogen and oxygen atoms in total. The molecule has 0 N–H and O–H groups in total. The minimum atomic E-state index is 0.469.